The second-order valence-corrected chi connectivity index (χ2v) is 13.1. The van der Waals surface area contributed by atoms with E-state index in [0.717, 1.165) is 16.7 Å². The zero-order valence-electron chi connectivity index (χ0n) is 31.4. The summed E-state index contributed by atoms with van der Waals surface area (Å²) >= 11 is 0. The Morgan fingerprint density at radius 1 is 0.821 bits per heavy atom. The number of aliphatic hydroxyl groups excluding tert-OH is 1. The van der Waals surface area contributed by atoms with Gasteiger partial charge in [-0.25, -0.2) is 9.78 Å². The van der Waals surface area contributed by atoms with Crippen molar-refractivity contribution in [3.8, 4) is 11.5 Å². The number of aromatic amines is 1. The van der Waals surface area contributed by atoms with Gasteiger partial charge < -0.3 is 28.8 Å². The number of carbonyl (C=O) groups is 2. The van der Waals surface area contributed by atoms with Crippen LogP contribution in [-0.4, -0.2) is 76.6 Å². The van der Waals surface area contributed by atoms with Gasteiger partial charge in [0.05, 0.1) is 39.3 Å². The third kappa shape index (κ3) is 8.62. The van der Waals surface area contributed by atoms with Crippen molar-refractivity contribution in [1.82, 2.24) is 19.5 Å². The molecule has 56 heavy (non-hydrogen) atoms. The minimum absolute atomic E-state index is 0.0428. The fourth-order valence-corrected chi connectivity index (χ4v) is 6.10. The molecule has 1 amide bonds. The van der Waals surface area contributed by atoms with Crippen molar-refractivity contribution in [2.45, 2.75) is 31.8 Å². The number of benzene rings is 4. The van der Waals surface area contributed by atoms with Gasteiger partial charge >= 0.3 is 5.97 Å². The van der Waals surface area contributed by atoms with E-state index in [0.29, 0.717) is 17.1 Å². The number of methoxy groups -OCH3 is 2. The van der Waals surface area contributed by atoms with E-state index in [1.165, 1.54) is 10.9 Å². The highest BCUT2D eigenvalue weighted by Gasteiger charge is 2.39. The average Bonchev–Trinajstić information content (AvgIpc) is 3.67. The largest absolute Gasteiger partial charge is 0.497 e. The van der Waals surface area contributed by atoms with Gasteiger partial charge in [0.2, 0.25) is 11.9 Å². The summed E-state index contributed by atoms with van der Waals surface area (Å²) in [6, 6.07) is 33.1. The molecule has 14 nitrogen and oxygen atoms in total. The van der Waals surface area contributed by atoms with E-state index >= 15 is 0 Å². The number of nitrogens with one attached hydrogen (secondary N) is 2. The number of carbonyl (C=O) groups excluding carboxylic acids is 2. The Morgan fingerprint density at radius 3 is 1.95 bits per heavy atom. The summed E-state index contributed by atoms with van der Waals surface area (Å²) in [7, 11) is 3.18. The Balaban J connectivity index is 1.39. The fraction of sp³-hybridized carbons (Fsp3) is 0.262. The molecule has 6 aromatic rings. The summed E-state index contributed by atoms with van der Waals surface area (Å²) in [5.41, 5.74) is 0.784. The van der Waals surface area contributed by atoms with Gasteiger partial charge in [0.1, 0.15) is 29.8 Å². The van der Waals surface area contributed by atoms with E-state index in [4.69, 9.17) is 23.7 Å². The molecule has 0 aliphatic heterocycles. The van der Waals surface area contributed by atoms with Crippen molar-refractivity contribution in [2.24, 2.45) is 5.92 Å². The second-order valence-electron chi connectivity index (χ2n) is 13.1. The lowest BCUT2D eigenvalue weighted by molar-refractivity contribution is -0.137. The smallest absolute Gasteiger partial charge is 0.338 e. The zero-order valence-corrected chi connectivity index (χ0v) is 31.4. The van der Waals surface area contributed by atoms with Crippen LogP contribution in [-0.2, 0) is 24.6 Å². The highest BCUT2D eigenvalue weighted by molar-refractivity contribution is 5.91. The third-order valence-electron chi connectivity index (χ3n) is 9.09. The molecule has 6 rings (SSSR count). The molecule has 4 aromatic carbocycles. The number of amides is 1. The Kier molecular flexibility index (Phi) is 12.5. The van der Waals surface area contributed by atoms with Crippen LogP contribution in [0.3, 0.4) is 0 Å². The maximum absolute atomic E-state index is 13.1. The monoisotopic (exact) mass is 761 g/mol. The maximum atomic E-state index is 13.1. The molecule has 290 valence electrons. The van der Waals surface area contributed by atoms with Crippen LogP contribution in [0, 0.1) is 5.92 Å². The SMILES string of the molecule is COc1ccc(C(OC[C@H](CO)O[C@H](COC(=O)c2ccccc2)n2cnc3c(=O)[nH]c(NC(=O)C(C)C)nc32)(c2ccccc2)c2ccc(OC)cc2)cc1. The van der Waals surface area contributed by atoms with Gasteiger partial charge in [0.15, 0.2) is 17.4 Å². The fourth-order valence-electron chi connectivity index (χ4n) is 6.10. The zero-order chi connectivity index (χ0) is 39.7. The number of ether oxygens (including phenoxy) is 5. The number of nitrogens with zero attached hydrogens (tertiary/aromatic N) is 3. The first-order valence-electron chi connectivity index (χ1n) is 17.9. The van der Waals surface area contributed by atoms with E-state index < -0.39 is 42.0 Å². The Labute approximate surface area is 323 Å². The highest BCUT2D eigenvalue weighted by Crippen LogP contribution is 2.42. The number of imidazole rings is 1. The van der Waals surface area contributed by atoms with Gasteiger partial charge in [-0.15, -0.1) is 0 Å². The lowest BCUT2D eigenvalue weighted by Gasteiger charge is -2.37. The summed E-state index contributed by atoms with van der Waals surface area (Å²) in [6.07, 6.45) is -0.890. The summed E-state index contributed by atoms with van der Waals surface area (Å²) in [5.74, 6) is -0.173. The van der Waals surface area contributed by atoms with Gasteiger partial charge in [-0.3, -0.25) is 24.5 Å². The van der Waals surface area contributed by atoms with Crippen LogP contribution in [0.2, 0.25) is 0 Å². The molecule has 0 saturated heterocycles. The molecule has 0 unspecified atom stereocenters. The summed E-state index contributed by atoms with van der Waals surface area (Å²) in [5, 5.41) is 13.4. The molecule has 3 N–H and O–H groups in total. The number of aliphatic hydroxyl groups is 1. The number of fused-ring (bicyclic) bond motifs is 1. The van der Waals surface area contributed by atoms with Crippen LogP contribution in [0.1, 0.15) is 47.1 Å². The van der Waals surface area contributed by atoms with E-state index in [9.17, 15) is 19.5 Å². The quantitative estimate of drug-likeness (QED) is 0.0794. The number of anilines is 1. The maximum Gasteiger partial charge on any atom is 0.338 e. The lowest BCUT2D eigenvalue weighted by atomic mass is 9.80. The first-order chi connectivity index (χ1) is 27.2. The first-order valence-corrected chi connectivity index (χ1v) is 17.9. The van der Waals surface area contributed by atoms with Crippen molar-refractivity contribution >= 4 is 29.0 Å². The van der Waals surface area contributed by atoms with Crippen molar-refractivity contribution < 1.29 is 38.4 Å². The van der Waals surface area contributed by atoms with Gasteiger partial charge in [0, 0.05) is 5.92 Å². The predicted octanol–water partition coefficient (Wildman–Crippen LogP) is 5.47. The molecule has 0 radical (unpaired) electrons. The minimum atomic E-state index is -1.23. The van der Waals surface area contributed by atoms with E-state index in [2.05, 4.69) is 20.3 Å². The van der Waals surface area contributed by atoms with Crippen LogP contribution < -0.4 is 20.3 Å². The molecule has 0 spiro atoms. The summed E-state index contributed by atoms with van der Waals surface area (Å²) in [6.45, 7) is 2.33. The Bertz CT molecular complexity index is 2230. The predicted molar refractivity (Wildman–Crippen MR) is 208 cm³/mol. The number of rotatable bonds is 17. The van der Waals surface area contributed by atoms with Crippen LogP contribution in [0.5, 0.6) is 11.5 Å². The van der Waals surface area contributed by atoms with Gasteiger partial charge in [-0.05, 0) is 53.1 Å². The van der Waals surface area contributed by atoms with Crippen molar-refractivity contribution in [2.75, 3.05) is 39.4 Å². The van der Waals surface area contributed by atoms with E-state index in [-0.39, 0.29) is 36.2 Å². The number of aromatic nitrogens is 4. The second kappa shape index (κ2) is 17.9. The molecular formula is C42H43N5O9. The molecule has 2 aromatic heterocycles. The van der Waals surface area contributed by atoms with Crippen molar-refractivity contribution in [1.29, 1.82) is 0 Å². The molecule has 14 heteroatoms. The lowest BCUT2D eigenvalue weighted by Crippen LogP contribution is -2.38. The molecule has 0 aliphatic rings. The standard InChI is InChI=1S/C42H43N5O9/c1-27(2)38(49)45-41-44-37-36(39(50)46-41)43-26-47(37)35(25-54-40(51)28-11-7-5-8-12-28)56-34(23-48)24-55-42(29-13-9-6-10-14-29,30-15-19-32(52-3)20-16-30)31-17-21-33(53-4)22-18-31/h5-22,26-27,34-35,48H,23-25H2,1-4H3,(H2,44,45,46,49,50)/t34-,35+/m0/s1. The first kappa shape index (κ1) is 39.3. The Morgan fingerprint density at radius 2 is 1.39 bits per heavy atom. The number of hydrogen-bond donors (Lipinski definition) is 3. The summed E-state index contributed by atoms with van der Waals surface area (Å²) < 4.78 is 31.5. The van der Waals surface area contributed by atoms with Crippen LogP contribution in [0.25, 0.3) is 11.2 Å². The van der Waals surface area contributed by atoms with E-state index in [1.54, 1.807) is 58.4 Å². The van der Waals surface area contributed by atoms with Crippen LogP contribution >= 0.6 is 0 Å². The molecule has 0 saturated carbocycles. The third-order valence-corrected chi connectivity index (χ3v) is 9.09. The number of hydrogen-bond acceptors (Lipinski definition) is 11. The molecule has 0 bridgehead atoms. The van der Waals surface area contributed by atoms with Gasteiger partial charge in [-0.1, -0.05) is 86.6 Å². The molecule has 0 aliphatic carbocycles. The van der Waals surface area contributed by atoms with Crippen LogP contribution in [0.4, 0.5) is 5.95 Å². The normalized spacial score (nSPS) is 12.6. The topological polar surface area (TPSA) is 176 Å². The van der Waals surface area contributed by atoms with Crippen LogP contribution in [0.15, 0.2) is 120 Å². The molecule has 2 atom stereocenters. The number of esters is 1. The molecule has 2 heterocycles. The van der Waals surface area contributed by atoms with E-state index in [1.807, 2.05) is 78.9 Å². The highest BCUT2D eigenvalue weighted by atomic mass is 16.6. The number of H-pyrrole nitrogens is 1. The van der Waals surface area contributed by atoms with Gasteiger partial charge in [0.25, 0.3) is 5.56 Å². The molecule has 0 fully saturated rings. The Hall–Kier alpha value is -6.35. The van der Waals surface area contributed by atoms with Crippen molar-refractivity contribution in [3.05, 3.63) is 148 Å². The van der Waals surface area contributed by atoms with Gasteiger partial charge in [-0.2, -0.15) is 4.98 Å². The minimum Gasteiger partial charge on any atom is -0.497 e. The molecular weight excluding hydrogens is 718 g/mol. The van der Waals surface area contributed by atoms with Crippen molar-refractivity contribution in [3.63, 3.8) is 0 Å². The average molecular weight is 762 g/mol. The summed E-state index contributed by atoms with van der Waals surface area (Å²) in [4.78, 5) is 50.0.